The van der Waals surface area contributed by atoms with Crippen LogP contribution in [-0.2, 0) is 54.5 Å². The maximum atomic E-state index is 15.1. The third-order valence-corrected chi connectivity index (χ3v) is 13.2. The highest BCUT2D eigenvalue weighted by atomic mass is 16.2. The Morgan fingerprint density at radius 2 is 1.13 bits per heavy atom. The predicted octanol–water partition coefficient (Wildman–Crippen LogP) is 1.14. The zero-order chi connectivity index (χ0) is 49.1. The van der Waals surface area contributed by atoms with Crippen LogP contribution in [0.1, 0.15) is 48.6 Å². The van der Waals surface area contributed by atoms with Crippen molar-refractivity contribution < 1.29 is 28.8 Å². The third kappa shape index (κ3) is 12.1. The van der Waals surface area contributed by atoms with Crippen LogP contribution in [0.15, 0.2) is 104 Å². The average Bonchev–Trinajstić information content (AvgIpc) is 4.13. The molecule has 3 aromatic heterocycles. The Morgan fingerprint density at radius 1 is 0.603 bits per heavy atom. The number of carbonyl (C=O) groups is 6. The number of hydrogen-bond donors (Lipinski definition) is 11. The molecule has 6 rings (SSSR count). The molecule has 6 aromatic rings. The van der Waals surface area contributed by atoms with Crippen LogP contribution in [0.4, 0.5) is 0 Å². The lowest BCUT2D eigenvalue weighted by molar-refractivity contribution is -0.137. The fraction of sp³-hybridized carbons (Fsp3) is 0.380. The van der Waals surface area contributed by atoms with E-state index < -0.39 is 94.9 Å². The maximum Gasteiger partial charge on any atom is 0.239 e. The number of hydrogen-bond acceptors (Lipinski definition) is 13. The van der Waals surface area contributed by atoms with Gasteiger partial charge in [0, 0.05) is 70.3 Å². The highest BCUT2D eigenvalue weighted by molar-refractivity contribution is 6.03. The molecule has 0 radical (unpaired) electrons. The number of H-pyrrole nitrogens is 3. The molecule has 0 saturated heterocycles. The van der Waals surface area contributed by atoms with Crippen LogP contribution in [0, 0.1) is 23.7 Å². The van der Waals surface area contributed by atoms with Gasteiger partial charge in [0.2, 0.25) is 11.8 Å². The Balaban J connectivity index is 1.31. The molecule has 0 aliphatic carbocycles. The number of unbranched alkanes of at least 4 members (excludes halogenated alkanes) is 1. The van der Waals surface area contributed by atoms with E-state index in [1.54, 1.807) is 42.7 Å². The van der Waals surface area contributed by atoms with Gasteiger partial charge >= 0.3 is 0 Å². The van der Waals surface area contributed by atoms with Gasteiger partial charge in [-0.25, -0.2) is 4.98 Å². The van der Waals surface area contributed by atoms with Crippen molar-refractivity contribution >= 4 is 56.8 Å². The van der Waals surface area contributed by atoms with Gasteiger partial charge in [0.1, 0.15) is 6.04 Å². The number of carbonyl (C=O) groups excluding carboxylic acids is 6. The van der Waals surface area contributed by atoms with Crippen molar-refractivity contribution in [3.63, 3.8) is 0 Å². The van der Waals surface area contributed by atoms with E-state index in [1.165, 1.54) is 19.4 Å². The second-order valence-electron chi connectivity index (χ2n) is 17.8. The number of rotatable bonds is 27. The summed E-state index contributed by atoms with van der Waals surface area (Å²) >= 11 is 0. The number of amides is 2. The fourth-order valence-electron chi connectivity index (χ4n) is 8.99. The Kier molecular flexibility index (Phi) is 17.4. The first kappa shape index (κ1) is 50.7. The molecule has 18 nitrogen and oxygen atoms in total. The van der Waals surface area contributed by atoms with Crippen LogP contribution in [0.2, 0.25) is 0 Å². The monoisotopic (exact) mass is 929 g/mol. The number of imidazole rings is 1. The summed E-state index contributed by atoms with van der Waals surface area (Å²) in [4.78, 5) is 98.5. The summed E-state index contributed by atoms with van der Waals surface area (Å²) in [6.45, 7) is 1.82. The lowest BCUT2D eigenvalue weighted by Crippen LogP contribution is -2.58. The molecule has 3 heterocycles. The standard InChI is InChI=1S/C50H64N12O6/c1-27(41(53)46(64)35(21-30-24-60-39-16-8-6-14-33(30)39)43(55)48(66)37(52)22-31-25-58-26-61-31)45(63)42(54)34(20-29-23-59-38-15-7-5-13-32(29)38)47(65)44(56)36(19-28-11-3-2-4-12-28)50(68)62-40(49(57)67)17-9-10-18-51/h2-8,11-16,23-27,34-37,40-44,59-60H,9-10,17-22,51-56H2,1H3,(H2,57,67)(H,58,61)(H,62,68)/t27-,34-,35+,36+,37-,40-,41-,42+,43+,44+/m0/s1. The van der Waals surface area contributed by atoms with Crippen molar-refractivity contribution in [2.75, 3.05) is 6.54 Å². The lowest BCUT2D eigenvalue weighted by Gasteiger charge is -2.32. The molecule has 0 fully saturated rings. The van der Waals surface area contributed by atoms with Crippen LogP contribution in [0.5, 0.6) is 0 Å². The number of Topliss-reactive ketones (excluding diaryl/α,β-unsaturated/α-hetero) is 4. The number of nitrogens with two attached hydrogens (primary N) is 7. The lowest BCUT2D eigenvalue weighted by atomic mass is 9.75. The van der Waals surface area contributed by atoms with E-state index in [0.717, 1.165) is 21.8 Å². The molecule has 2 amide bonds. The van der Waals surface area contributed by atoms with Crippen LogP contribution < -0.4 is 45.5 Å². The summed E-state index contributed by atoms with van der Waals surface area (Å²) in [6.07, 6.45) is 7.74. The molecule has 3 aromatic carbocycles. The minimum absolute atomic E-state index is 0.00499. The number of ketones is 4. The Bertz CT molecular complexity index is 2660. The molecule has 0 bridgehead atoms. The van der Waals surface area contributed by atoms with Crippen LogP contribution in [-0.4, -0.2) is 97.7 Å². The largest absolute Gasteiger partial charge is 0.368 e. The SMILES string of the molecule is C[C@H](C(=O)[C@H](N)[C@H](Cc1c[nH]c2ccccc12)C(=O)[C@H](N)[C@@H](Cc1ccccc1)C(=O)N[C@@H](CCCCN)C(N)=O)[C@H](N)C(=O)[C@H](Cc1c[nH]c2ccccc12)[C@@H](N)C(=O)[C@@H](N)Cc1cnc[nH]1. The first-order chi connectivity index (χ1) is 32.6. The molecule has 0 unspecified atom stereocenters. The minimum atomic E-state index is -1.59. The van der Waals surface area contributed by atoms with Crippen LogP contribution >= 0.6 is 0 Å². The van der Waals surface area contributed by atoms with Gasteiger partial charge in [-0.3, -0.25) is 28.8 Å². The van der Waals surface area contributed by atoms with E-state index in [0.29, 0.717) is 41.8 Å². The van der Waals surface area contributed by atoms with Crippen LogP contribution in [0.3, 0.4) is 0 Å². The van der Waals surface area contributed by atoms with Gasteiger partial charge in [-0.2, -0.15) is 0 Å². The number of nitrogens with one attached hydrogen (secondary N) is 4. The quantitative estimate of drug-likeness (QED) is 0.0323. The van der Waals surface area contributed by atoms with Crippen molar-refractivity contribution in [1.29, 1.82) is 0 Å². The number of aromatic nitrogens is 4. The van der Waals surface area contributed by atoms with E-state index in [4.69, 9.17) is 40.1 Å². The fourth-order valence-corrected chi connectivity index (χ4v) is 8.99. The normalized spacial score (nSPS) is 16.2. The average molecular weight is 929 g/mol. The van der Waals surface area contributed by atoms with Crippen molar-refractivity contribution in [3.05, 3.63) is 126 Å². The van der Waals surface area contributed by atoms with Crippen molar-refractivity contribution in [1.82, 2.24) is 25.3 Å². The van der Waals surface area contributed by atoms with Gasteiger partial charge in [0.15, 0.2) is 23.1 Å². The van der Waals surface area contributed by atoms with E-state index in [2.05, 4.69) is 25.3 Å². The molecular weight excluding hydrogens is 865 g/mol. The van der Waals surface area contributed by atoms with Crippen LogP contribution in [0.25, 0.3) is 21.8 Å². The molecule has 68 heavy (non-hydrogen) atoms. The number of nitrogens with zero attached hydrogens (tertiary/aromatic N) is 1. The molecule has 0 spiro atoms. The van der Waals surface area contributed by atoms with Crippen molar-refractivity contribution in [2.24, 2.45) is 63.8 Å². The second kappa shape index (κ2) is 23.4. The molecule has 0 aliphatic heterocycles. The zero-order valence-corrected chi connectivity index (χ0v) is 38.2. The topological polar surface area (TPSA) is 357 Å². The van der Waals surface area contributed by atoms with E-state index >= 15 is 4.79 Å². The number of benzene rings is 3. The summed E-state index contributed by atoms with van der Waals surface area (Å²) < 4.78 is 0. The third-order valence-electron chi connectivity index (χ3n) is 13.2. The van der Waals surface area contributed by atoms with E-state index in [1.807, 2.05) is 48.5 Å². The number of fused-ring (bicyclic) bond motifs is 2. The highest BCUT2D eigenvalue weighted by Crippen LogP contribution is 2.29. The maximum absolute atomic E-state index is 15.1. The van der Waals surface area contributed by atoms with Gasteiger partial charge in [0.25, 0.3) is 0 Å². The zero-order valence-electron chi connectivity index (χ0n) is 38.2. The first-order valence-corrected chi connectivity index (χ1v) is 22.9. The molecular formula is C50H64N12O6. The van der Waals surface area contributed by atoms with Crippen molar-refractivity contribution in [2.45, 2.75) is 88.1 Å². The first-order valence-electron chi connectivity index (χ1n) is 22.9. The summed E-state index contributed by atoms with van der Waals surface area (Å²) in [7, 11) is 0. The Morgan fingerprint density at radius 3 is 1.68 bits per heavy atom. The van der Waals surface area contributed by atoms with Gasteiger partial charge < -0.3 is 60.4 Å². The molecule has 18 N–H and O–H groups in total. The number of para-hydroxylation sites is 2. The molecule has 0 saturated carbocycles. The predicted molar refractivity (Wildman–Crippen MR) is 260 cm³/mol. The van der Waals surface area contributed by atoms with Crippen molar-refractivity contribution in [3.8, 4) is 0 Å². The number of aromatic amines is 3. The van der Waals surface area contributed by atoms with E-state index in [-0.39, 0.29) is 32.1 Å². The van der Waals surface area contributed by atoms with Gasteiger partial charge in [-0.05, 0) is 73.9 Å². The smallest absolute Gasteiger partial charge is 0.239 e. The summed E-state index contributed by atoms with van der Waals surface area (Å²) in [6, 6.07) is 15.5. The van der Waals surface area contributed by atoms with Gasteiger partial charge in [-0.1, -0.05) is 73.7 Å². The Labute approximate surface area is 394 Å². The minimum Gasteiger partial charge on any atom is -0.368 e. The molecule has 0 aliphatic rings. The molecule has 10 atom stereocenters. The Hall–Kier alpha value is -6.67. The van der Waals surface area contributed by atoms with Gasteiger partial charge in [0.05, 0.1) is 42.5 Å². The summed E-state index contributed by atoms with van der Waals surface area (Å²) in [5.74, 6) is -9.25. The highest BCUT2D eigenvalue weighted by Gasteiger charge is 2.44. The number of primary amides is 1. The van der Waals surface area contributed by atoms with Gasteiger partial charge in [-0.15, -0.1) is 0 Å². The summed E-state index contributed by atoms with van der Waals surface area (Å²) in [5, 5.41) is 4.29. The molecule has 18 heteroatoms. The second-order valence-corrected chi connectivity index (χ2v) is 17.8. The summed E-state index contributed by atoms with van der Waals surface area (Å²) in [5.41, 5.74) is 49.1. The van der Waals surface area contributed by atoms with E-state index in [9.17, 15) is 24.0 Å². The molecule has 360 valence electrons.